The SMILES string of the molecule is CCOC(=O)C(C)(C)n1c(=O)c2cc(C)ccc2n(CCCCN2CCC(OC(c3ccccc3)c3ccccc3)CC2)c1=O. The van der Waals surface area contributed by atoms with Crippen molar-refractivity contribution in [1.82, 2.24) is 14.0 Å². The van der Waals surface area contributed by atoms with E-state index in [1.54, 1.807) is 31.4 Å². The van der Waals surface area contributed by atoms with Crippen LogP contribution in [0.5, 0.6) is 0 Å². The Kier molecular flexibility index (Phi) is 10.4. The Hall–Kier alpha value is -4.01. The van der Waals surface area contributed by atoms with Crippen LogP contribution in [-0.2, 0) is 26.4 Å². The number of benzene rings is 3. The van der Waals surface area contributed by atoms with Crippen LogP contribution in [0.4, 0.5) is 0 Å². The van der Waals surface area contributed by atoms with Gasteiger partial charge in [0.25, 0.3) is 5.56 Å². The predicted molar refractivity (Wildman–Crippen MR) is 178 cm³/mol. The smallest absolute Gasteiger partial charge is 0.332 e. The minimum Gasteiger partial charge on any atom is -0.464 e. The number of rotatable bonds is 12. The van der Waals surface area contributed by atoms with E-state index in [2.05, 4.69) is 53.4 Å². The molecular formula is C37H45N3O5. The predicted octanol–water partition coefficient (Wildman–Crippen LogP) is 5.82. The van der Waals surface area contributed by atoms with Crippen LogP contribution in [0.25, 0.3) is 10.9 Å². The number of fused-ring (bicyclic) bond motifs is 1. The number of nitrogens with zero attached hydrogens (tertiary/aromatic N) is 3. The molecule has 2 heterocycles. The first-order valence-electron chi connectivity index (χ1n) is 16.1. The molecule has 1 aliphatic rings. The molecule has 0 spiro atoms. The fourth-order valence-corrected chi connectivity index (χ4v) is 6.27. The molecule has 0 bridgehead atoms. The number of carbonyl (C=O) groups excluding carboxylic acids is 1. The zero-order valence-corrected chi connectivity index (χ0v) is 26.9. The maximum absolute atomic E-state index is 13.8. The molecule has 4 aromatic rings. The summed E-state index contributed by atoms with van der Waals surface area (Å²) in [7, 11) is 0. The van der Waals surface area contributed by atoms with E-state index >= 15 is 0 Å². The molecule has 8 heteroatoms. The average molecular weight is 612 g/mol. The molecule has 45 heavy (non-hydrogen) atoms. The Balaban J connectivity index is 1.22. The van der Waals surface area contributed by atoms with Gasteiger partial charge in [-0.1, -0.05) is 72.3 Å². The third kappa shape index (κ3) is 7.29. The highest BCUT2D eigenvalue weighted by molar-refractivity contribution is 5.81. The van der Waals surface area contributed by atoms with E-state index in [0.717, 1.165) is 55.4 Å². The summed E-state index contributed by atoms with van der Waals surface area (Å²) in [5, 5.41) is 0.429. The van der Waals surface area contributed by atoms with Crippen LogP contribution in [-0.4, -0.2) is 52.3 Å². The van der Waals surface area contributed by atoms with Gasteiger partial charge in [-0.05, 0) is 83.2 Å². The van der Waals surface area contributed by atoms with Gasteiger partial charge in [0.2, 0.25) is 0 Å². The molecule has 1 fully saturated rings. The number of hydrogen-bond donors (Lipinski definition) is 0. The summed E-state index contributed by atoms with van der Waals surface area (Å²) in [6.45, 7) is 10.2. The summed E-state index contributed by atoms with van der Waals surface area (Å²) in [4.78, 5) is 42.6. The highest BCUT2D eigenvalue weighted by Gasteiger charge is 2.35. The van der Waals surface area contributed by atoms with E-state index < -0.39 is 22.8 Å². The number of ether oxygens (including phenoxy) is 2. The van der Waals surface area contributed by atoms with Gasteiger partial charge in [0, 0.05) is 19.6 Å². The van der Waals surface area contributed by atoms with Gasteiger partial charge in [0.15, 0.2) is 0 Å². The van der Waals surface area contributed by atoms with Crippen LogP contribution in [0.2, 0.25) is 0 Å². The molecule has 0 radical (unpaired) electrons. The number of aromatic nitrogens is 2. The maximum Gasteiger partial charge on any atom is 0.332 e. The van der Waals surface area contributed by atoms with E-state index in [0.29, 0.717) is 17.4 Å². The Morgan fingerprint density at radius 1 is 0.889 bits per heavy atom. The second kappa shape index (κ2) is 14.4. The van der Waals surface area contributed by atoms with Gasteiger partial charge < -0.3 is 14.4 Å². The van der Waals surface area contributed by atoms with Crippen molar-refractivity contribution >= 4 is 16.9 Å². The molecule has 5 rings (SSSR count). The lowest BCUT2D eigenvalue weighted by atomic mass is 10.00. The zero-order valence-electron chi connectivity index (χ0n) is 26.9. The fraction of sp³-hybridized carbons (Fsp3) is 0.432. The summed E-state index contributed by atoms with van der Waals surface area (Å²) < 4.78 is 14.6. The topological polar surface area (TPSA) is 82.8 Å². The van der Waals surface area contributed by atoms with Crippen LogP contribution >= 0.6 is 0 Å². The number of aryl methyl sites for hydroxylation is 2. The van der Waals surface area contributed by atoms with Crippen molar-refractivity contribution < 1.29 is 14.3 Å². The second-order valence-corrected chi connectivity index (χ2v) is 12.5. The quantitative estimate of drug-likeness (QED) is 0.148. The van der Waals surface area contributed by atoms with Crippen LogP contribution in [0.3, 0.4) is 0 Å². The number of piperidine rings is 1. The van der Waals surface area contributed by atoms with Gasteiger partial charge in [-0.3, -0.25) is 9.36 Å². The molecule has 3 aromatic carbocycles. The van der Waals surface area contributed by atoms with E-state index in [-0.39, 0.29) is 18.8 Å². The highest BCUT2D eigenvalue weighted by atomic mass is 16.5. The average Bonchev–Trinajstić information content (AvgIpc) is 3.05. The summed E-state index contributed by atoms with van der Waals surface area (Å²) >= 11 is 0. The van der Waals surface area contributed by atoms with Crippen molar-refractivity contribution in [2.75, 3.05) is 26.2 Å². The fourth-order valence-electron chi connectivity index (χ4n) is 6.27. The lowest BCUT2D eigenvalue weighted by molar-refractivity contribution is -0.152. The molecule has 0 amide bonds. The second-order valence-electron chi connectivity index (χ2n) is 12.5. The molecule has 1 aliphatic heterocycles. The van der Waals surface area contributed by atoms with Gasteiger partial charge in [-0.15, -0.1) is 0 Å². The number of hydrogen-bond acceptors (Lipinski definition) is 6. The summed E-state index contributed by atoms with van der Waals surface area (Å²) in [6.07, 6.45) is 3.70. The number of carbonyl (C=O) groups is 1. The normalized spacial score (nSPS) is 14.7. The van der Waals surface area contributed by atoms with E-state index in [9.17, 15) is 14.4 Å². The number of esters is 1. The first-order chi connectivity index (χ1) is 21.7. The van der Waals surface area contributed by atoms with Crippen LogP contribution in [0, 0.1) is 6.92 Å². The van der Waals surface area contributed by atoms with Crippen molar-refractivity contribution in [3.8, 4) is 0 Å². The molecule has 0 unspecified atom stereocenters. The summed E-state index contributed by atoms with van der Waals surface area (Å²) in [6, 6.07) is 26.4. The van der Waals surface area contributed by atoms with Crippen molar-refractivity contribution in [3.05, 3.63) is 116 Å². The van der Waals surface area contributed by atoms with Gasteiger partial charge in [-0.25, -0.2) is 14.2 Å². The molecule has 1 saturated heterocycles. The van der Waals surface area contributed by atoms with E-state index in [4.69, 9.17) is 9.47 Å². The number of unbranched alkanes of at least 4 members (excludes halogenated alkanes) is 1. The lowest BCUT2D eigenvalue weighted by Gasteiger charge is -2.34. The van der Waals surface area contributed by atoms with Crippen molar-refractivity contribution in [2.45, 2.75) is 77.7 Å². The van der Waals surface area contributed by atoms with Crippen LogP contribution in [0.15, 0.2) is 88.5 Å². The van der Waals surface area contributed by atoms with Crippen LogP contribution in [0.1, 0.15) is 69.2 Å². The van der Waals surface area contributed by atoms with Crippen molar-refractivity contribution in [1.29, 1.82) is 0 Å². The number of likely N-dealkylation sites (tertiary alicyclic amines) is 1. The van der Waals surface area contributed by atoms with Gasteiger partial charge in [0.1, 0.15) is 11.6 Å². The lowest BCUT2D eigenvalue weighted by Crippen LogP contribution is -2.53. The van der Waals surface area contributed by atoms with E-state index in [1.165, 1.54) is 11.1 Å². The molecule has 8 nitrogen and oxygen atoms in total. The molecule has 0 atom stereocenters. The minimum absolute atomic E-state index is 0.0852. The Morgan fingerprint density at radius 3 is 2.09 bits per heavy atom. The van der Waals surface area contributed by atoms with Gasteiger partial charge in [-0.2, -0.15) is 0 Å². The first-order valence-corrected chi connectivity index (χ1v) is 16.1. The summed E-state index contributed by atoms with van der Waals surface area (Å²) in [5.41, 5.74) is 1.45. The molecule has 0 aliphatic carbocycles. The van der Waals surface area contributed by atoms with E-state index in [1.807, 2.05) is 31.2 Å². The van der Waals surface area contributed by atoms with Gasteiger partial charge in [0.05, 0.1) is 23.6 Å². The molecular weight excluding hydrogens is 566 g/mol. The molecule has 1 aromatic heterocycles. The Morgan fingerprint density at radius 2 is 1.49 bits per heavy atom. The van der Waals surface area contributed by atoms with Crippen LogP contribution < -0.4 is 11.2 Å². The maximum atomic E-state index is 13.8. The minimum atomic E-state index is -1.43. The monoisotopic (exact) mass is 611 g/mol. The molecule has 0 N–H and O–H groups in total. The molecule has 0 saturated carbocycles. The third-order valence-corrected chi connectivity index (χ3v) is 8.81. The largest absolute Gasteiger partial charge is 0.464 e. The molecule has 238 valence electrons. The van der Waals surface area contributed by atoms with Gasteiger partial charge >= 0.3 is 11.7 Å². The van der Waals surface area contributed by atoms with Crippen molar-refractivity contribution in [2.24, 2.45) is 0 Å². The first kappa shape index (κ1) is 32.4. The Bertz CT molecular complexity index is 1660. The zero-order chi connectivity index (χ0) is 32.0. The Labute approximate surface area is 265 Å². The van der Waals surface area contributed by atoms with Crippen molar-refractivity contribution in [3.63, 3.8) is 0 Å². The summed E-state index contributed by atoms with van der Waals surface area (Å²) in [5.74, 6) is -0.603. The third-order valence-electron chi connectivity index (χ3n) is 8.81. The highest BCUT2D eigenvalue weighted by Crippen LogP contribution is 2.30. The standard InChI is InChI=1S/C37H45N3O5/c1-5-44-35(42)37(3,4)40-34(41)31-26-27(2)18-19-32(31)39(36(40)43)23-13-12-22-38-24-20-30(21-25-38)45-33(28-14-8-6-9-15-28)29-16-10-7-11-17-29/h6-11,14-19,26,30,33H,5,12-13,20-25H2,1-4H3.